The lowest BCUT2D eigenvalue weighted by atomic mass is 10.3. The summed E-state index contributed by atoms with van der Waals surface area (Å²) in [6.07, 6.45) is 3.50. The number of aryl methyl sites for hydroxylation is 2. The van der Waals surface area contributed by atoms with E-state index in [2.05, 4.69) is 20.4 Å². The maximum Gasteiger partial charge on any atom is 0.224 e. The zero-order chi connectivity index (χ0) is 12.3. The largest absolute Gasteiger partial charge is 0.350 e. The fraction of sp³-hybridized carbons (Fsp3) is 0.273. The summed E-state index contributed by atoms with van der Waals surface area (Å²) in [7, 11) is 1.88. The molecule has 17 heavy (non-hydrogen) atoms. The SMILES string of the molecule is Cc1nn(C)cc1CNc1nccc(C#N)n1. The number of nitrogens with one attached hydrogen (secondary N) is 1. The zero-order valence-corrected chi connectivity index (χ0v) is 9.68. The van der Waals surface area contributed by atoms with Gasteiger partial charge in [-0.3, -0.25) is 4.68 Å². The van der Waals surface area contributed by atoms with Gasteiger partial charge in [0.2, 0.25) is 5.95 Å². The molecular weight excluding hydrogens is 216 g/mol. The van der Waals surface area contributed by atoms with Gasteiger partial charge in [0.1, 0.15) is 11.8 Å². The lowest BCUT2D eigenvalue weighted by Gasteiger charge is -2.02. The molecule has 6 nitrogen and oxygen atoms in total. The normalized spacial score (nSPS) is 9.94. The van der Waals surface area contributed by atoms with E-state index >= 15 is 0 Å². The zero-order valence-electron chi connectivity index (χ0n) is 9.68. The molecule has 0 amide bonds. The molecule has 0 radical (unpaired) electrons. The van der Waals surface area contributed by atoms with Crippen molar-refractivity contribution in [1.82, 2.24) is 19.7 Å². The summed E-state index contributed by atoms with van der Waals surface area (Å²) in [6.45, 7) is 2.54. The van der Waals surface area contributed by atoms with Crippen molar-refractivity contribution in [1.29, 1.82) is 5.26 Å². The van der Waals surface area contributed by atoms with E-state index in [0.29, 0.717) is 18.2 Å². The van der Waals surface area contributed by atoms with Gasteiger partial charge in [0.05, 0.1) is 5.69 Å². The van der Waals surface area contributed by atoms with Crippen molar-refractivity contribution >= 4 is 5.95 Å². The van der Waals surface area contributed by atoms with Crippen molar-refractivity contribution in [3.8, 4) is 6.07 Å². The molecule has 0 aromatic carbocycles. The number of hydrogen-bond acceptors (Lipinski definition) is 5. The topological polar surface area (TPSA) is 79.4 Å². The molecule has 0 saturated carbocycles. The molecule has 0 saturated heterocycles. The van der Waals surface area contributed by atoms with Crippen LogP contribution in [0.2, 0.25) is 0 Å². The predicted molar refractivity (Wildman–Crippen MR) is 62.0 cm³/mol. The Morgan fingerprint density at radius 3 is 3.00 bits per heavy atom. The Labute approximate surface area is 98.9 Å². The fourth-order valence-corrected chi connectivity index (χ4v) is 1.50. The Bertz CT molecular complexity index is 566. The van der Waals surface area contributed by atoms with E-state index in [4.69, 9.17) is 5.26 Å². The molecule has 0 fully saturated rings. The summed E-state index contributed by atoms with van der Waals surface area (Å²) in [5, 5.41) is 16.0. The first-order valence-electron chi connectivity index (χ1n) is 5.15. The summed E-state index contributed by atoms with van der Waals surface area (Å²) < 4.78 is 1.76. The van der Waals surface area contributed by atoms with Crippen LogP contribution in [0.15, 0.2) is 18.5 Å². The van der Waals surface area contributed by atoms with Crippen molar-refractivity contribution in [3.63, 3.8) is 0 Å². The van der Waals surface area contributed by atoms with Crippen molar-refractivity contribution in [2.45, 2.75) is 13.5 Å². The smallest absolute Gasteiger partial charge is 0.224 e. The predicted octanol–water partition coefficient (Wildman–Crippen LogP) is 1.00. The molecule has 1 N–H and O–H groups in total. The Kier molecular flexibility index (Phi) is 3.01. The lowest BCUT2D eigenvalue weighted by molar-refractivity contribution is 0.756. The summed E-state index contributed by atoms with van der Waals surface area (Å²) in [6, 6.07) is 3.54. The number of anilines is 1. The highest BCUT2D eigenvalue weighted by Gasteiger charge is 2.04. The van der Waals surface area contributed by atoms with Gasteiger partial charge in [0.25, 0.3) is 0 Å². The first-order chi connectivity index (χ1) is 8.19. The molecule has 0 aliphatic heterocycles. The van der Waals surface area contributed by atoms with Crippen molar-refractivity contribution < 1.29 is 0 Å². The van der Waals surface area contributed by atoms with Gasteiger partial charge in [0, 0.05) is 31.5 Å². The second-order valence-corrected chi connectivity index (χ2v) is 3.64. The fourth-order valence-electron chi connectivity index (χ4n) is 1.50. The van der Waals surface area contributed by atoms with Gasteiger partial charge in [0.15, 0.2) is 0 Å². The van der Waals surface area contributed by atoms with E-state index in [1.54, 1.807) is 16.9 Å². The van der Waals surface area contributed by atoms with Crippen molar-refractivity contribution in [2.75, 3.05) is 5.32 Å². The van der Waals surface area contributed by atoms with Gasteiger partial charge in [-0.25, -0.2) is 9.97 Å². The summed E-state index contributed by atoms with van der Waals surface area (Å²) in [5.41, 5.74) is 2.40. The molecule has 0 aliphatic rings. The molecule has 0 bridgehead atoms. The minimum atomic E-state index is 0.352. The van der Waals surface area contributed by atoms with E-state index in [9.17, 15) is 0 Å². The monoisotopic (exact) mass is 228 g/mol. The highest BCUT2D eigenvalue weighted by molar-refractivity contribution is 5.31. The third-order valence-corrected chi connectivity index (χ3v) is 2.32. The highest BCUT2D eigenvalue weighted by atomic mass is 15.3. The van der Waals surface area contributed by atoms with Crippen LogP contribution in [0, 0.1) is 18.3 Å². The molecule has 0 spiro atoms. The van der Waals surface area contributed by atoms with Crippen LogP contribution >= 0.6 is 0 Å². The number of hydrogen-bond donors (Lipinski definition) is 1. The minimum Gasteiger partial charge on any atom is -0.350 e. The molecule has 2 aromatic rings. The van der Waals surface area contributed by atoms with Gasteiger partial charge in [-0.1, -0.05) is 0 Å². The van der Waals surface area contributed by atoms with Crippen LogP contribution in [0.4, 0.5) is 5.95 Å². The molecule has 2 heterocycles. The van der Waals surface area contributed by atoms with Gasteiger partial charge < -0.3 is 5.32 Å². The molecule has 6 heteroatoms. The number of aromatic nitrogens is 4. The second kappa shape index (κ2) is 4.61. The summed E-state index contributed by atoms with van der Waals surface area (Å²) in [5.74, 6) is 0.451. The van der Waals surface area contributed by atoms with Crippen molar-refractivity contribution in [2.24, 2.45) is 7.05 Å². The van der Waals surface area contributed by atoms with Crippen LogP contribution in [0.5, 0.6) is 0 Å². The number of nitriles is 1. The Hall–Kier alpha value is -2.42. The molecule has 0 atom stereocenters. The van der Waals surface area contributed by atoms with E-state index < -0.39 is 0 Å². The van der Waals surface area contributed by atoms with Crippen LogP contribution in [0.3, 0.4) is 0 Å². The summed E-state index contributed by atoms with van der Waals surface area (Å²) >= 11 is 0. The lowest BCUT2D eigenvalue weighted by Crippen LogP contribution is -2.04. The molecule has 86 valence electrons. The standard InChI is InChI=1S/C11H12N6/c1-8-9(7-17(2)16-8)6-14-11-13-4-3-10(5-12)15-11/h3-4,7H,6H2,1-2H3,(H,13,14,15). The molecule has 0 aliphatic carbocycles. The van der Waals surface area contributed by atoms with Gasteiger partial charge in [-0.05, 0) is 13.0 Å². The number of nitrogens with zero attached hydrogens (tertiary/aromatic N) is 5. The van der Waals surface area contributed by atoms with E-state index in [-0.39, 0.29) is 0 Å². The Balaban J connectivity index is 2.07. The van der Waals surface area contributed by atoms with Crippen LogP contribution in [0.25, 0.3) is 0 Å². The first kappa shape index (κ1) is 11.1. The average Bonchev–Trinajstić information content (AvgIpc) is 2.65. The molecule has 2 aromatic heterocycles. The van der Waals surface area contributed by atoms with Crippen LogP contribution in [-0.2, 0) is 13.6 Å². The molecule has 0 unspecified atom stereocenters. The van der Waals surface area contributed by atoms with E-state index in [1.165, 1.54) is 0 Å². The number of rotatable bonds is 3. The first-order valence-corrected chi connectivity index (χ1v) is 5.15. The van der Waals surface area contributed by atoms with Gasteiger partial charge >= 0.3 is 0 Å². The molecule has 2 rings (SSSR count). The minimum absolute atomic E-state index is 0.352. The second-order valence-electron chi connectivity index (χ2n) is 3.64. The maximum absolute atomic E-state index is 8.71. The van der Waals surface area contributed by atoms with Crippen molar-refractivity contribution in [3.05, 3.63) is 35.4 Å². The van der Waals surface area contributed by atoms with Gasteiger partial charge in [-0.15, -0.1) is 0 Å². The van der Waals surface area contributed by atoms with Crippen LogP contribution in [-0.4, -0.2) is 19.7 Å². The Morgan fingerprint density at radius 1 is 1.53 bits per heavy atom. The van der Waals surface area contributed by atoms with E-state index in [1.807, 2.05) is 26.2 Å². The highest BCUT2D eigenvalue weighted by Crippen LogP contribution is 2.07. The maximum atomic E-state index is 8.71. The van der Waals surface area contributed by atoms with Crippen LogP contribution < -0.4 is 5.32 Å². The van der Waals surface area contributed by atoms with Gasteiger partial charge in [-0.2, -0.15) is 10.4 Å². The quantitative estimate of drug-likeness (QED) is 0.847. The average molecular weight is 228 g/mol. The third kappa shape index (κ3) is 2.58. The van der Waals surface area contributed by atoms with E-state index in [0.717, 1.165) is 11.3 Å². The Morgan fingerprint density at radius 2 is 2.35 bits per heavy atom. The van der Waals surface area contributed by atoms with Crippen LogP contribution in [0.1, 0.15) is 17.0 Å². The molecular formula is C11H12N6. The third-order valence-electron chi connectivity index (χ3n) is 2.32. The summed E-state index contributed by atoms with van der Waals surface area (Å²) in [4.78, 5) is 8.07.